The van der Waals surface area contributed by atoms with Gasteiger partial charge in [0.1, 0.15) is 0 Å². The predicted molar refractivity (Wildman–Crippen MR) is 77.8 cm³/mol. The van der Waals surface area contributed by atoms with Gasteiger partial charge in [0, 0.05) is 19.1 Å². The van der Waals surface area contributed by atoms with Gasteiger partial charge in [-0.2, -0.15) is 4.31 Å². The van der Waals surface area contributed by atoms with Gasteiger partial charge in [-0.15, -0.1) is 0 Å². The molecule has 0 aliphatic carbocycles. The molecule has 5 nitrogen and oxygen atoms in total. The molecule has 112 valence electrons. The van der Waals surface area contributed by atoms with E-state index in [0.29, 0.717) is 24.6 Å². The van der Waals surface area contributed by atoms with Crippen LogP contribution in [0.25, 0.3) is 0 Å². The molecule has 1 aliphatic rings. The van der Waals surface area contributed by atoms with Crippen molar-refractivity contribution in [1.29, 1.82) is 0 Å². The predicted octanol–water partition coefficient (Wildman–Crippen LogP) is 0.750. The molecule has 1 heterocycles. The largest absolute Gasteiger partial charge is 0.392 e. The second kappa shape index (κ2) is 5.81. The zero-order valence-electron chi connectivity index (χ0n) is 12.2. The highest BCUT2D eigenvalue weighted by molar-refractivity contribution is 7.89. The van der Waals surface area contributed by atoms with Crippen molar-refractivity contribution in [2.45, 2.75) is 24.5 Å². The lowest BCUT2D eigenvalue weighted by atomic mass is 10.1. The summed E-state index contributed by atoms with van der Waals surface area (Å²) in [6.07, 6.45) is 0. The number of sulfonamides is 1. The van der Waals surface area contributed by atoms with Crippen molar-refractivity contribution < 1.29 is 13.5 Å². The quantitative estimate of drug-likeness (QED) is 0.891. The first-order valence-corrected chi connectivity index (χ1v) is 8.17. The first-order valence-electron chi connectivity index (χ1n) is 6.73. The number of rotatable bonds is 4. The van der Waals surface area contributed by atoms with Gasteiger partial charge in [0.2, 0.25) is 10.0 Å². The van der Waals surface area contributed by atoms with Gasteiger partial charge in [0.05, 0.1) is 11.5 Å². The molecule has 2 atom stereocenters. The van der Waals surface area contributed by atoms with Crippen molar-refractivity contribution in [1.82, 2.24) is 9.21 Å². The summed E-state index contributed by atoms with van der Waals surface area (Å²) in [5.74, 6) is 0.293. The highest BCUT2D eigenvalue weighted by Gasteiger charge is 2.38. The molecule has 2 rings (SSSR count). The maximum absolute atomic E-state index is 12.7. The zero-order valence-corrected chi connectivity index (χ0v) is 13.0. The number of hydrogen-bond acceptors (Lipinski definition) is 4. The third-order valence-electron chi connectivity index (χ3n) is 3.96. The number of likely N-dealkylation sites (N-methyl/N-ethyl adjacent to an activating group) is 1. The normalized spacial score (nSPS) is 24.4. The van der Waals surface area contributed by atoms with Gasteiger partial charge in [-0.05, 0) is 31.6 Å². The molecule has 1 aliphatic heterocycles. The molecule has 0 spiro atoms. The first-order chi connectivity index (χ1) is 9.37. The van der Waals surface area contributed by atoms with Crippen molar-refractivity contribution in [3.63, 3.8) is 0 Å². The number of benzene rings is 1. The molecule has 1 aromatic carbocycles. The Balaban J connectivity index is 2.33. The maximum atomic E-state index is 12.7. The standard InChI is InChI=1S/C14H22N2O3S/c1-11-8-16(9-13(11)15(2)3)20(18,19)14-7-5-4-6-12(14)10-17/h4-7,11,13,17H,8-10H2,1-3H3. The Morgan fingerprint density at radius 3 is 2.50 bits per heavy atom. The molecule has 0 radical (unpaired) electrons. The number of nitrogens with zero attached hydrogens (tertiary/aromatic N) is 2. The van der Waals surface area contributed by atoms with E-state index in [-0.39, 0.29) is 17.5 Å². The van der Waals surface area contributed by atoms with Crippen LogP contribution in [0.5, 0.6) is 0 Å². The fourth-order valence-corrected chi connectivity index (χ4v) is 4.57. The summed E-state index contributed by atoms with van der Waals surface area (Å²) in [7, 11) is 0.408. The van der Waals surface area contributed by atoms with E-state index in [0.717, 1.165) is 0 Å². The molecule has 1 aromatic rings. The first kappa shape index (κ1) is 15.4. The summed E-state index contributed by atoms with van der Waals surface area (Å²) in [5, 5.41) is 9.33. The smallest absolute Gasteiger partial charge is 0.243 e. The van der Waals surface area contributed by atoms with Crippen molar-refractivity contribution >= 4 is 10.0 Å². The fraction of sp³-hybridized carbons (Fsp3) is 0.571. The van der Waals surface area contributed by atoms with E-state index < -0.39 is 10.0 Å². The molecule has 1 N–H and O–H groups in total. The lowest BCUT2D eigenvalue weighted by molar-refractivity contribution is 0.262. The summed E-state index contributed by atoms with van der Waals surface area (Å²) < 4.78 is 27.0. The van der Waals surface area contributed by atoms with Crippen LogP contribution in [0.3, 0.4) is 0 Å². The summed E-state index contributed by atoms with van der Waals surface area (Å²) in [4.78, 5) is 2.28. The van der Waals surface area contributed by atoms with Gasteiger partial charge in [0.15, 0.2) is 0 Å². The summed E-state index contributed by atoms with van der Waals surface area (Å²) in [6, 6.07) is 6.87. The van der Waals surface area contributed by atoms with E-state index in [4.69, 9.17) is 0 Å². The van der Waals surface area contributed by atoms with E-state index in [9.17, 15) is 13.5 Å². The van der Waals surface area contributed by atoms with Crippen LogP contribution in [0.2, 0.25) is 0 Å². The van der Waals surface area contributed by atoms with Gasteiger partial charge in [0.25, 0.3) is 0 Å². The van der Waals surface area contributed by atoms with E-state index >= 15 is 0 Å². The molecule has 1 fully saturated rings. The lowest BCUT2D eigenvalue weighted by Gasteiger charge is -2.22. The molecule has 2 unspecified atom stereocenters. The Kier molecular flexibility index (Phi) is 4.49. The van der Waals surface area contributed by atoms with Crippen LogP contribution >= 0.6 is 0 Å². The number of hydrogen-bond donors (Lipinski definition) is 1. The molecule has 20 heavy (non-hydrogen) atoms. The van der Waals surface area contributed by atoms with E-state index in [1.54, 1.807) is 24.3 Å². The second-order valence-electron chi connectivity index (χ2n) is 5.60. The Hall–Kier alpha value is -0.950. The topological polar surface area (TPSA) is 60.9 Å². The molecular weight excluding hydrogens is 276 g/mol. The highest BCUT2D eigenvalue weighted by Crippen LogP contribution is 2.28. The maximum Gasteiger partial charge on any atom is 0.243 e. The van der Waals surface area contributed by atoms with Crippen molar-refractivity contribution in [3.8, 4) is 0 Å². The molecule has 0 bridgehead atoms. The Bertz CT molecular complexity index is 572. The van der Waals surface area contributed by atoms with E-state index in [1.165, 1.54) is 4.31 Å². The number of aliphatic hydroxyl groups is 1. The summed E-state index contributed by atoms with van der Waals surface area (Å²) >= 11 is 0. The summed E-state index contributed by atoms with van der Waals surface area (Å²) in [5.41, 5.74) is 0.452. The average molecular weight is 298 g/mol. The molecule has 0 saturated carbocycles. The van der Waals surface area contributed by atoms with Crippen LogP contribution in [0.1, 0.15) is 12.5 Å². The van der Waals surface area contributed by atoms with Crippen LogP contribution in [-0.4, -0.2) is 56.0 Å². The van der Waals surface area contributed by atoms with Gasteiger partial charge < -0.3 is 10.0 Å². The van der Waals surface area contributed by atoms with Gasteiger partial charge >= 0.3 is 0 Å². The minimum Gasteiger partial charge on any atom is -0.392 e. The Morgan fingerprint density at radius 2 is 1.95 bits per heavy atom. The van der Waals surface area contributed by atoms with E-state index in [1.807, 2.05) is 14.1 Å². The fourth-order valence-electron chi connectivity index (χ4n) is 2.80. The second-order valence-corrected chi connectivity index (χ2v) is 7.50. The Morgan fingerprint density at radius 1 is 1.30 bits per heavy atom. The monoisotopic (exact) mass is 298 g/mol. The van der Waals surface area contributed by atoms with Crippen LogP contribution in [0, 0.1) is 5.92 Å². The van der Waals surface area contributed by atoms with Gasteiger partial charge in [-0.1, -0.05) is 25.1 Å². The molecule has 0 amide bonds. The minimum absolute atomic E-state index is 0.217. The Labute approximate surface area is 120 Å². The minimum atomic E-state index is -3.53. The van der Waals surface area contributed by atoms with Crippen LogP contribution in [-0.2, 0) is 16.6 Å². The third-order valence-corrected chi connectivity index (χ3v) is 5.90. The third kappa shape index (κ3) is 2.74. The molecular formula is C14H22N2O3S. The van der Waals surface area contributed by atoms with Gasteiger partial charge in [-0.25, -0.2) is 8.42 Å². The SMILES string of the molecule is CC1CN(S(=O)(=O)c2ccccc2CO)CC1N(C)C. The number of aliphatic hydroxyl groups excluding tert-OH is 1. The van der Waals surface area contributed by atoms with Crippen molar-refractivity contribution in [2.24, 2.45) is 5.92 Å². The van der Waals surface area contributed by atoms with Crippen LogP contribution in [0.4, 0.5) is 0 Å². The molecule has 6 heteroatoms. The average Bonchev–Trinajstić information content (AvgIpc) is 2.81. The van der Waals surface area contributed by atoms with Crippen molar-refractivity contribution in [3.05, 3.63) is 29.8 Å². The van der Waals surface area contributed by atoms with Crippen molar-refractivity contribution in [2.75, 3.05) is 27.2 Å². The lowest BCUT2D eigenvalue weighted by Crippen LogP contribution is -2.36. The van der Waals surface area contributed by atoms with Gasteiger partial charge in [-0.3, -0.25) is 0 Å². The zero-order chi connectivity index (χ0) is 14.9. The summed E-state index contributed by atoms with van der Waals surface area (Å²) in [6.45, 7) is 2.81. The van der Waals surface area contributed by atoms with Crippen LogP contribution in [0.15, 0.2) is 29.2 Å². The highest BCUT2D eigenvalue weighted by atomic mass is 32.2. The van der Waals surface area contributed by atoms with E-state index in [2.05, 4.69) is 11.8 Å². The molecule has 1 saturated heterocycles. The van der Waals surface area contributed by atoms with Crippen LogP contribution < -0.4 is 0 Å². The molecule has 0 aromatic heterocycles.